The molecular formula is C15H23NO3. The zero-order chi connectivity index (χ0) is 13.8. The molecule has 3 unspecified atom stereocenters. The van der Waals surface area contributed by atoms with Crippen molar-refractivity contribution in [3.63, 3.8) is 0 Å². The Balaban J connectivity index is 1.91. The van der Waals surface area contributed by atoms with Crippen molar-refractivity contribution in [1.82, 2.24) is 5.32 Å². The molecule has 2 rings (SSSR count). The van der Waals surface area contributed by atoms with Gasteiger partial charge >= 0.3 is 0 Å². The average molecular weight is 265 g/mol. The van der Waals surface area contributed by atoms with E-state index in [2.05, 4.69) is 26.1 Å². The summed E-state index contributed by atoms with van der Waals surface area (Å²) in [7, 11) is 0. The first kappa shape index (κ1) is 14.2. The summed E-state index contributed by atoms with van der Waals surface area (Å²) in [6, 6.07) is 5.98. The lowest BCUT2D eigenvalue weighted by Crippen LogP contribution is -2.34. The van der Waals surface area contributed by atoms with Crippen LogP contribution in [0.1, 0.15) is 38.9 Å². The number of rotatable bonds is 6. The summed E-state index contributed by atoms with van der Waals surface area (Å²) < 4.78 is 10.6. The number of benzene rings is 1. The van der Waals surface area contributed by atoms with Crippen LogP contribution < -0.4 is 14.8 Å². The molecule has 1 aromatic carbocycles. The van der Waals surface area contributed by atoms with Crippen molar-refractivity contribution >= 4 is 0 Å². The number of hydrogen-bond donors (Lipinski definition) is 2. The van der Waals surface area contributed by atoms with Gasteiger partial charge in [-0.2, -0.15) is 0 Å². The molecule has 4 heteroatoms. The first-order valence-corrected chi connectivity index (χ1v) is 6.92. The van der Waals surface area contributed by atoms with Crippen molar-refractivity contribution in [1.29, 1.82) is 0 Å². The van der Waals surface area contributed by atoms with Crippen LogP contribution in [0.3, 0.4) is 0 Å². The molecule has 1 aliphatic heterocycles. The van der Waals surface area contributed by atoms with Gasteiger partial charge in [-0.25, -0.2) is 0 Å². The fourth-order valence-corrected chi connectivity index (χ4v) is 2.09. The van der Waals surface area contributed by atoms with Crippen LogP contribution in [-0.2, 0) is 0 Å². The van der Waals surface area contributed by atoms with E-state index >= 15 is 0 Å². The normalized spacial score (nSPS) is 18.1. The van der Waals surface area contributed by atoms with Crippen LogP contribution >= 0.6 is 0 Å². The summed E-state index contributed by atoms with van der Waals surface area (Å²) in [5, 5.41) is 13.6. The summed E-state index contributed by atoms with van der Waals surface area (Å²) in [6.45, 7) is 7.35. The largest absolute Gasteiger partial charge is 0.454 e. The Morgan fingerprint density at radius 1 is 1.26 bits per heavy atom. The fourth-order valence-electron chi connectivity index (χ4n) is 2.09. The summed E-state index contributed by atoms with van der Waals surface area (Å²) >= 11 is 0. The molecule has 0 aliphatic carbocycles. The Bertz CT molecular complexity index is 422. The molecule has 0 fully saturated rings. The second-order valence-electron chi connectivity index (χ2n) is 5.21. The lowest BCUT2D eigenvalue weighted by atomic mass is 10.0. The number of fused-ring (bicyclic) bond motifs is 1. The van der Waals surface area contributed by atoms with E-state index in [0.29, 0.717) is 24.3 Å². The van der Waals surface area contributed by atoms with Gasteiger partial charge in [-0.15, -0.1) is 0 Å². The summed E-state index contributed by atoms with van der Waals surface area (Å²) in [5.74, 6) is 2.06. The van der Waals surface area contributed by atoms with Crippen molar-refractivity contribution in [3.05, 3.63) is 23.8 Å². The predicted molar refractivity (Wildman–Crippen MR) is 74.4 cm³/mol. The van der Waals surface area contributed by atoms with E-state index in [0.717, 1.165) is 17.7 Å². The van der Waals surface area contributed by atoms with Crippen LogP contribution in [0.25, 0.3) is 0 Å². The minimum Gasteiger partial charge on any atom is -0.454 e. The molecule has 1 aromatic rings. The van der Waals surface area contributed by atoms with E-state index < -0.39 is 6.10 Å². The number of aliphatic hydroxyl groups excluding tert-OH is 1. The maximum absolute atomic E-state index is 10.2. The topological polar surface area (TPSA) is 50.7 Å². The maximum atomic E-state index is 10.2. The first-order valence-electron chi connectivity index (χ1n) is 6.92. The third-order valence-corrected chi connectivity index (χ3v) is 3.91. The van der Waals surface area contributed by atoms with Crippen LogP contribution in [0, 0.1) is 5.92 Å². The van der Waals surface area contributed by atoms with Crippen molar-refractivity contribution in [2.45, 2.75) is 39.3 Å². The SMILES string of the molecule is CCC(C)C(C)NCC(O)c1ccc2c(c1)OCO2. The zero-order valence-electron chi connectivity index (χ0n) is 11.8. The van der Waals surface area contributed by atoms with Gasteiger partial charge in [0.15, 0.2) is 11.5 Å². The summed E-state index contributed by atoms with van der Waals surface area (Å²) in [6.07, 6.45) is 0.606. The van der Waals surface area contributed by atoms with Gasteiger partial charge in [-0.3, -0.25) is 0 Å². The number of hydrogen-bond acceptors (Lipinski definition) is 4. The highest BCUT2D eigenvalue weighted by Crippen LogP contribution is 2.34. The molecule has 19 heavy (non-hydrogen) atoms. The van der Waals surface area contributed by atoms with E-state index in [1.807, 2.05) is 18.2 Å². The van der Waals surface area contributed by atoms with E-state index in [1.165, 1.54) is 0 Å². The third-order valence-electron chi connectivity index (χ3n) is 3.91. The molecule has 1 aliphatic rings. The third kappa shape index (κ3) is 3.39. The van der Waals surface area contributed by atoms with E-state index in [1.54, 1.807) is 0 Å². The van der Waals surface area contributed by atoms with E-state index in [9.17, 15) is 5.11 Å². The van der Waals surface area contributed by atoms with Crippen LogP contribution in [0.4, 0.5) is 0 Å². The van der Waals surface area contributed by atoms with E-state index in [4.69, 9.17) is 9.47 Å². The highest BCUT2D eigenvalue weighted by molar-refractivity contribution is 5.45. The molecule has 1 heterocycles. The van der Waals surface area contributed by atoms with Crippen LogP contribution in [-0.4, -0.2) is 24.5 Å². The molecule has 0 spiro atoms. The Labute approximate surface area is 114 Å². The minimum absolute atomic E-state index is 0.262. The van der Waals surface area contributed by atoms with Crippen LogP contribution in [0.5, 0.6) is 11.5 Å². The van der Waals surface area contributed by atoms with Crippen molar-refractivity contribution in [3.8, 4) is 11.5 Å². The first-order chi connectivity index (χ1) is 9.11. The lowest BCUT2D eigenvalue weighted by Gasteiger charge is -2.22. The number of aliphatic hydroxyl groups is 1. The number of ether oxygens (including phenoxy) is 2. The van der Waals surface area contributed by atoms with Crippen molar-refractivity contribution in [2.75, 3.05) is 13.3 Å². The molecule has 0 saturated heterocycles. The molecule has 0 radical (unpaired) electrons. The standard InChI is InChI=1S/C15H23NO3/c1-4-10(2)11(3)16-8-13(17)12-5-6-14-15(7-12)19-9-18-14/h5-7,10-11,13,16-17H,4,8-9H2,1-3H3. The Hall–Kier alpha value is -1.26. The van der Waals surface area contributed by atoms with Crippen LogP contribution in [0.15, 0.2) is 18.2 Å². The van der Waals surface area contributed by atoms with Gasteiger partial charge in [0.2, 0.25) is 6.79 Å². The molecule has 2 N–H and O–H groups in total. The Morgan fingerprint density at radius 2 is 2.00 bits per heavy atom. The van der Waals surface area contributed by atoms with Gasteiger partial charge in [0, 0.05) is 12.6 Å². The molecule has 3 atom stereocenters. The van der Waals surface area contributed by atoms with Gasteiger partial charge in [0.25, 0.3) is 0 Å². The summed E-state index contributed by atoms with van der Waals surface area (Å²) in [5.41, 5.74) is 0.855. The van der Waals surface area contributed by atoms with Gasteiger partial charge < -0.3 is 19.9 Å². The fraction of sp³-hybridized carbons (Fsp3) is 0.600. The molecule has 0 amide bonds. The quantitative estimate of drug-likeness (QED) is 0.829. The molecule has 0 bridgehead atoms. The maximum Gasteiger partial charge on any atom is 0.231 e. The van der Waals surface area contributed by atoms with Crippen molar-refractivity contribution < 1.29 is 14.6 Å². The van der Waals surface area contributed by atoms with Crippen LogP contribution in [0.2, 0.25) is 0 Å². The van der Waals surface area contributed by atoms with Gasteiger partial charge in [-0.05, 0) is 30.5 Å². The lowest BCUT2D eigenvalue weighted by molar-refractivity contribution is 0.164. The van der Waals surface area contributed by atoms with Gasteiger partial charge in [-0.1, -0.05) is 26.3 Å². The van der Waals surface area contributed by atoms with E-state index in [-0.39, 0.29) is 6.79 Å². The summed E-state index contributed by atoms with van der Waals surface area (Å²) in [4.78, 5) is 0. The highest BCUT2D eigenvalue weighted by Gasteiger charge is 2.17. The Kier molecular flexibility index (Phi) is 4.66. The smallest absolute Gasteiger partial charge is 0.231 e. The van der Waals surface area contributed by atoms with Gasteiger partial charge in [0.05, 0.1) is 6.10 Å². The van der Waals surface area contributed by atoms with Crippen molar-refractivity contribution in [2.24, 2.45) is 5.92 Å². The molecule has 106 valence electrons. The highest BCUT2D eigenvalue weighted by atomic mass is 16.7. The predicted octanol–water partition coefficient (Wildman–Crippen LogP) is 2.47. The molecule has 0 aromatic heterocycles. The molecular weight excluding hydrogens is 242 g/mol. The second-order valence-corrected chi connectivity index (χ2v) is 5.21. The minimum atomic E-state index is -0.527. The monoisotopic (exact) mass is 265 g/mol. The average Bonchev–Trinajstić information content (AvgIpc) is 2.90. The molecule has 0 saturated carbocycles. The molecule has 4 nitrogen and oxygen atoms in total. The zero-order valence-corrected chi connectivity index (χ0v) is 11.8. The Morgan fingerprint density at radius 3 is 2.74 bits per heavy atom. The second kappa shape index (κ2) is 6.26. The van der Waals surface area contributed by atoms with Gasteiger partial charge in [0.1, 0.15) is 0 Å². The number of nitrogens with one attached hydrogen (secondary N) is 1.